The van der Waals surface area contributed by atoms with Gasteiger partial charge in [-0.25, -0.2) is 0 Å². The lowest BCUT2D eigenvalue weighted by molar-refractivity contribution is 1.31. The Kier molecular flexibility index (Phi) is 2.08. The smallest absolute Gasteiger partial charge is 0.248 e. The molecule has 3 nitrogen and oxygen atoms in total. The largest absolute Gasteiger partial charge is 0.322 e. The second kappa shape index (κ2) is 3.57. The minimum atomic E-state index is -0.0713. The van der Waals surface area contributed by atoms with E-state index in [4.69, 9.17) is 0 Å². The summed E-state index contributed by atoms with van der Waals surface area (Å²) < 4.78 is 0. The van der Waals surface area contributed by atoms with E-state index in [0.29, 0.717) is 0 Å². The standard InChI is InChI=1S/C12H8N2OS/c15-12-4-2-8-5-9(1-3-10(8)14-12)11-6-13-7-16-11/h1-7H,(H,14,15). The van der Waals surface area contributed by atoms with E-state index in [0.717, 1.165) is 21.3 Å². The quantitative estimate of drug-likeness (QED) is 0.696. The van der Waals surface area contributed by atoms with Crippen LogP contribution in [0.15, 0.2) is 46.8 Å². The molecule has 2 aromatic heterocycles. The summed E-state index contributed by atoms with van der Waals surface area (Å²) >= 11 is 1.60. The highest BCUT2D eigenvalue weighted by Gasteiger charge is 2.01. The molecule has 0 saturated heterocycles. The maximum atomic E-state index is 11.1. The molecular weight excluding hydrogens is 220 g/mol. The molecule has 1 aromatic carbocycles. The summed E-state index contributed by atoms with van der Waals surface area (Å²) in [5.74, 6) is 0. The Morgan fingerprint density at radius 1 is 1.19 bits per heavy atom. The van der Waals surface area contributed by atoms with Crippen LogP contribution in [-0.4, -0.2) is 9.97 Å². The van der Waals surface area contributed by atoms with Gasteiger partial charge in [0.2, 0.25) is 5.56 Å². The zero-order valence-corrected chi connectivity index (χ0v) is 9.12. The molecule has 0 amide bonds. The van der Waals surface area contributed by atoms with E-state index in [2.05, 4.69) is 16.0 Å². The van der Waals surface area contributed by atoms with Crippen LogP contribution in [0.2, 0.25) is 0 Å². The Balaban J connectivity index is 2.24. The molecular formula is C12H8N2OS. The van der Waals surface area contributed by atoms with E-state index in [9.17, 15) is 4.79 Å². The number of aromatic amines is 1. The molecule has 0 aliphatic rings. The van der Waals surface area contributed by atoms with Gasteiger partial charge in [-0.05, 0) is 29.1 Å². The SMILES string of the molecule is O=c1ccc2cc(-c3cncs3)ccc2[nH]1. The number of benzene rings is 1. The molecule has 1 N–H and O–H groups in total. The van der Waals surface area contributed by atoms with Gasteiger partial charge >= 0.3 is 0 Å². The number of thiazole rings is 1. The zero-order chi connectivity index (χ0) is 11.0. The van der Waals surface area contributed by atoms with E-state index >= 15 is 0 Å². The number of hydrogen-bond acceptors (Lipinski definition) is 3. The highest BCUT2D eigenvalue weighted by atomic mass is 32.1. The van der Waals surface area contributed by atoms with Crippen LogP contribution in [0, 0.1) is 0 Å². The lowest BCUT2D eigenvalue weighted by atomic mass is 10.1. The van der Waals surface area contributed by atoms with Crippen LogP contribution in [0.3, 0.4) is 0 Å². The monoisotopic (exact) mass is 228 g/mol. The van der Waals surface area contributed by atoms with Gasteiger partial charge in [-0.15, -0.1) is 11.3 Å². The number of aromatic nitrogens is 2. The first-order valence-corrected chi connectivity index (χ1v) is 5.73. The minimum Gasteiger partial charge on any atom is -0.322 e. The third-order valence-corrected chi connectivity index (χ3v) is 3.26. The highest BCUT2D eigenvalue weighted by molar-refractivity contribution is 7.13. The van der Waals surface area contributed by atoms with Crippen molar-refractivity contribution in [1.82, 2.24) is 9.97 Å². The first-order chi connectivity index (χ1) is 7.83. The van der Waals surface area contributed by atoms with Crippen molar-refractivity contribution in [2.45, 2.75) is 0 Å². The summed E-state index contributed by atoms with van der Waals surface area (Å²) in [7, 11) is 0. The van der Waals surface area contributed by atoms with Crippen molar-refractivity contribution in [2.75, 3.05) is 0 Å². The van der Waals surface area contributed by atoms with Gasteiger partial charge in [-0.2, -0.15) is 0 Å². The van der Waals surface area contributed by atoms with Crippen molar-refractivity contribution in [1.29, 1.82) is 0 Å². The number of pyridine rings is 1. The number of nitrogens with one attached hydrogen (secondary N) is 1. The van der Waals surface area contributed by atoms with Gasteiger partial charge in [0.25, 0.3) is 0 Å². The number of fused-ring (bicyclic) bond motifs is 1. The fourth-order valence-electron chi connectivity index (χ4n) is 1.67. The fraction of sp³-hybridized carbons (Fsp3) is 0. The summed E-state index contributed by atoms with van der Waals surface area (Å²) in [6.45, 7) is 0. The summed E-state index contributed by atoms with van der Waals surface area (Å²) in [5.41, 5.74) is 3.73. The second-order valence-corrected chi connectivity index (χ2v) is 4.38. The molecule has 16 heavy (non-hydrogen) atoms. The average molecular weight is 228 g/mol. The molecule has 0 spiro atoms. The van der Waals surface area contributed by atoms with Gasteiger partial charge in [0.05, 0.1) is 10.4 Å². The molecule has 4 heteroatoms. The van der Waals surface area contributed by atoms with Crippen LogP contribution < -0.4 is 5.56 Å². The van der Waals surface area contributed by atoms with Crippen LogP contribution in [0.25, 0.3) is 21.3 Å². The number of hydrogen-bond donors (Lipinski definition) is 1. The average Bonchev–Trinajstić information content (AvgIpc) is 2.82. The van der Waals surface area contributed by atoms with Crippen LogP contribution in [0.5, 0.6) is 0 Å². The first-order valence-electron chi connectivity index (χ1n) is 4.85. The maximum absolute atomic E-state index is 11.1. The lowest BCUT2D eigenvalue weighted by Gasteiger charge is -2.00. The summed E-state index contributed by atoms with van der Waals surface area (Å²) in [6, 6.07) is 9.34. The maximum Gasteiger partial charge on any atom is 0.248 e. The zero-order valence-electron chi connectivity index (χ0n) is 8.31. The molecule has 0 radical (unpaired) electrons. The Labute approximate surface area is 95.4 Å². The van der Waals surface area contributed by atoms with Crippen molar-refractivity contribution < 1.29 is 0 Å². The van der Waals surface area contributed by atoms with Crippen molar-refractivity contribution in [3.05, 3.63) is 52.4 Å². The van der Waals surface area contributed by atoms with Crippen LogP contribution >= 0.6 is 11.3 Å². The van der Waals surface area contributed by atoms with Gasteiger partial charge in [0, 0.05) is 17.8 Å². The third kappa shape index (κ3) is 1.53. The number of nitrogens with zero attached hydrogens (tertiary/aromatic N) is 1. The van der Waals surface area contributed by atoms with Gasteiger partial charge in [0.1, 0.15) is 0 Å². The Bertz CT molecular complexity index is 686. The Morgan fingerprint density at radius 2 is 2.12 bits per heavy atom. The van der Waals surface area contributed by atoms with E-state index in [1.807, 2.05) is 29.9 Å². The molecule has 0 saturated carbocycles. The summed E-state index contributed by atoms with van der Waals surface area (Å²) in [5, 5.41) is 1.03. The first kappa shape index (κ1) is 9.30. The molecule has 3 rings (SSSR count). The fourth-order valence-corrected chi connectivity index (χ4v) is 2.29. The molecule has 78 valence electrons. The second-order valence-electron chi connectivity index (χ2n) is 3.49. The topological polar surface area (TPSA) is 45.8 Å². The van der Waals surface area contributed by atoms with E-state index in [1.54, 1.807) is 17.4 Å². The summed E-state index contributed by atoms with van der Waals surface area (Å²) in [4.78, 5) is 19.1. The number of rotatable bonds is 1. The summed E-state index contributed by atoms with van der Waals surface area (Å²) in [6.07, 6.45) is 1.84. The van der Waals surface area contributed by atoms with Crippen molar-refractivity contribution >= 4 is 22.2 Å². The van der Waals surface area contributed by atoms with Gasteiger partial charge in [0.15, 0.2) is 0 Å². The molecule has 2 heterocycles. The predicted molar refractivity (Wildman–Crippen MR) is 65.7 cm³/mol. The molecule has 0 aliphatic carbocycles. The van der Waals surface area contributed by atoms with E-state index in [-0.39, 0.29) is 5.56 Å². The minimum absolute atomic E-state index is 0.0713. The third-order valence-electron chi connectivity index (χ3n) is 2.44. The van der Waals surface area contributed by atoms with E-state index < -0.39 is 0 Å². The molecule has 0 aliphatic heterocycles. The molecule has 3 aromatic rings. The van der Waals surface area contributed by atoms with Crippen molar-refractivity contribution in [3.63, 3.8) is 0 Å². The van der Waals surface area contributed by atoms with Crippen LogP contribution in [0.1, 0.15) is 0 Å². The highest BCUT2D eigenvalue weighted by Crippen LogP contribution is 2.25. The van der Waals surface area contributed by atoms with E-state index in [1.165, 1.54) is 0 Å². The van der Waals surface area contributed by atoms with Crippen molar-refractivity contribution in [3.8, 4) is 10.4 Å². The van der Waals surface area contributed by atoms with Gasteiger partial charge in [-0.1, -0.05) is 6.07 Å². The predicted octanol–water partition coefficient (Wildman–Crippen LogP) is 2.65. The van der Waals surface area contributed by atoms with Crippen LogP contribution in [-0.2, 0) is 0 Å². The van der Waals surface area contributed by atoms with Gasteiger partial charge < -0.3 is 4.98 Å². The molecule has 0 fully saturated rings. The molecule has 0 bridgehead atoms. The lowest BCUT2D eigenvalue weighted by Crippen LogP contribution is -2.01. The van der Waals surface area contributed by atoms with Gasteiger partial charge in [-0.3, -0.25) is 9.78 Å². The Hall–Kier alpha value is -1.94. The van der Waals surface area contributed by atoms with Crippen molar-refractivity contribution in [2.24, 2.45) is 0 Å². The molecule has 0 atom stereocenters. The Morgan fingerprint density at radius 3 is 2.94 bits per heavy atom. The normalized spacial score (nSPS) is 10.8. The molecule has 0 unspecified atom stereocenters. The number of H-pyrrole nitrogens is 1. The van der Waals surface area contributed by atoms with Crippen LogP contribution in [0.4, 0.5) is 0 Å².